The molecule has 6 nitrogen and oxygen atoms in total. The number of amides is 1. The topological polar surface area (TPSA) is 64.1 Å². The molecule has 1 saturated heterocycles. The van der Waals surface area contributed by atoms with E-state index in [4.69, 9.17) is 0 Å². The number of para-hydroxylation sites is 1. The van der Waals surface area contributed by atoms with Crippen LogP contribution in [0.3, 0.4) is 0 Å². The third kappa shape index (κ3) is 4.15. The average molecular weight is 422 g/mol. The smallest absolute Gasteiger partial charge is 0.265 e. The molecular weight excluding hydrogens is 390 g/mol. The van der Waals surface area contributed by atoms with Crippen LogP contribution in [0.15, 0.2) is 48.5 Å². The highest BCUT2D eigenvalue weighted by Crippen LogP contribution is 2.43. The summed E-state index contributed by atoms with van der Waals surface area (Å²) in [5.74, 6) is -0.642. The number of ketones is 1. The minimum Gasteiger partial charge on any atom is -0.375 e. The van der Waals surface area contributed by atoms with Gasteiger partial charge in [-0.3, -0.25) is 19.4 Å². The number of piperazine rings is 1. The van der Waals surface area contributed by atoms with Gasteiger partial charge in [0, 0.05) is 37.3 Å². The minimum atomic E-state index is -1.83. The Morgan fingerprint density at radius 3 is 2.26 bits per heavy atom. The molecule has 0 bridgehead atoms. The van der Waals surface area contributed by atoms with Crippen LogP contribution < -0.4 is 4.90 Å². The van der Waals surface area contributed by atoms with Crippen LogP contribution in [0.4, 0.5) is 5.69 Å². The van der Waals surface area contributed by atoms with Crippen molar-refractivity contribution < 1.29 is 14.7 Å². The standard InChI is InChI=1S/C25H31N3O3/c1-3-19-9-11-20(12-10-19)23(29)17-25(31)21-7-5-6-8-22(21)28(24(25)30)18-27-15-13-26(4-2)14-16-27/h5-12,31H,3-4,13-18H2,1-2H3/t25-/m1/s1. The van der Waals surface area contributed by atoms with Gasteiger partial charge in [0.1, 0.15) is 0 Å². The predicted octanol–water partition coefficient (Wildman–Crippen LogP) is 2.65. The maximum atomic E-state index is 13.4. The molecule has 2 heterocycles. The second-order valence-corrected chi connectivity index (χ2v) is 8.45. The Hall–Kier alpha value is -2.54. The predicted molar refractivity (Wildman–Crippen MR) is 121 cm³/mol. The molecular formula is C25H31N3O3. The lowest BCUT2D eigenvalue weighted by atomic mass is 9.88. The number of carbonyl (C=O) groups is 2. The van der Waals surface area contributed by atoms with Crippen molar-refractivity contribution in [3.05, 3.63) is 65.2 Å². The lowest BCUT2D eigenvalue weighted by molar-refractivity contribution is -0.136. The molecule has 0 saturated carbocycles. The lowest BCUT2D eigenvalue weighted by Gasteiger charge is -2.36. The van der Waals surface area contributed by atoms with Gasteiger partial charge in [0.15, 0.2) is 11.4 Å². The Morgan fingerprint density at radius 2 is 1.61 bits per heavy atom. The van der Waals surface area contributed by atoms with Crippen LogP contribution >= 0.6 is 0 Å². The quantitative estimate of drug-likeness (QED) is 0.697. The zero-order chi connectivity index (χ0) is 22.0. The van der Waals surface area contributed by atoms with Crippen LogP contribution in [-0.4, -0.2) is 66.0 Å². The van der Waals surface area contributed by atoms with Crippen molar-refractivity contribution in [1.82, 2.24) is 9.80 Å². The number of fused-ring (bicyclic) bond motifs is 1. The van der Waals surface area contributed by atoms with Crippen LogP contribution in [0.2, 0.25) is 0 Å². The van der Waals surface area contributed by atoms with Gasteiger partial charge >= 0.3 is 0 Å². The van der Waals surface area contributed by atoms with Gasteiger partial charge in [-0.1, -0.05) is 56.3 Å². The van der Waals surface area contributed by atoms with Crippen molar-refractivity contribution in [2.45, 2.75) is 32.3 Å². The van der Waals surface area contributed by atoms with Gasteiger partial charge in [-0.2, -0.15) is 0 Å². The van der Waals surface area contributed by atoms with Gasteiger partial charge in [-0.05, 0) is 24.6 Å². The molecule has 0 aliphatic carbocycles. The molecule has 0 spiro atoms. The van der Waals surface area contributed by atoms with E-state index in [1.807, 2.05) is 24.3 Å². The fourth-order valence-corrected chi connectivity index (χ4v) is 4.53. The highest BCUT2D eigenvalue weighted by atomic mass is 16.3. The van der Waals surface area contributed by atoms with Gasteiger partial charge < -0.3 is 10.0 Å². The Labute approximate surface area is 184 Å². The van der Waals surface area contributed by atoms with Crippen molar-refractivity contribution in [3.63, 3.8) is 0 Å². The molecule has 164 valence electrons. The summed E-state index contributed by atoms with van der Waals surface area (Å²) in [4.78, 5) is 32.7. The number of carbonyl (C=O) groups excluding carboxylic acids is 2. The van der Waals surface area contributed by atoms with E-state index in [1.54, 1.807) is 29.2 Å². The molecule has 4 rings (SSSR count). The number of hydrogen-bond donors (Lipinski definition) is 1. The second-order valence-electron chi connectivity index (χ2n) is 8.45. The van der Waals surface area contributed by atoms with Gasteiger partial charge in [-0.15, -0.1) is 0 Å². The maximum Gasteiger partial charge on any atom is 0.265 e. The normalized spacial score (nSPS) is 22.0. The van der Waals surface area contributed by atoms with Crippen LogP contribution in [-0.2, 0) is 16.8 Å². The molecule has 2 aliphatic heterocycles. The highest BCUT2D eigenvalue weighted by Gasteiger charge is 2.51. The Kier molecular flexibility index (Phi) is 6.23. The van der Waals surface area contributed by atoms with E-state index in [2.05, 4.69) is 23.6 Å². The number of nitrogens with zero attached hydrogens (tertiary/aromatic N) is 3. The van der Waals surface area contributed by atoms with Crippen molar-refractivity contribution >= 4 is 17.4 Å². The van der Waals surface area contributed by atoms with Gasteiger partial charge in [-0.25, -0.2) is 0 Å². The Morgan fingerprint density at radius 1 is 0.968 bits per heavy atom. The van der Waals surface area contributed by atoms with Crippen molar-refractivity contribution in [1.29, 1.82) is 0 Å². The third-order valence-corrected chi connectivity index (χ3v) is 6.59. The largest absolute Gasteiger partial charge is 0.375 e. The molecule has 0 radical (unpaired) electrons. The number of rotatable bonds is 7. The average Bonchev–Trinajstić information content (AvgIpc) is 3.01. The zero-order valence-electron chi connectivity index (χ0n) is 18.4. The fourth-order valence-electron chi connectivity index (χ4n) is 4.53. The monoisotopic (exact) mass is 421 g/mol. The molecule has 1 amide bonds. The number of anilines is 1. The molecule has 1 N–H and O–H groups in total. The van der Waals surface area contributed by atoms with Crippen LogP contribution in [0, 0.1) is 0 Å². The number of aryl methyl sites for hydroxylation is 1. The molecule has 31 heavy (non-hydrogen) atoms. The Balaban J connectivity index is 1.55. The van der Waals surface area contributed by atoms with Crippen LogP contribution in [0.25, 0.3) is 0 Å². The van der Waals surface area contributed by atoms with E-state index in [0.717, 1.165) is 44.7 Å². The van der Waals surface area contributed by atoms with Gasteiger partial charge in [0.2, 0.25) is 0 Å². The summed E-state index contributed by atoms with van der Waals surface area (Å²) in [5, 5.41) is 11.5. The summed E-state index contributed by atoms with van der Waals surface area (Å²) in [7, 11) is 0. The number of aliphatic hydroxyl groups is 1. The molecule has 1 atom stereocenters. The summed E-state index contributed by atoms with van der Waals surface area (Å²) in [6, 6.07) is 14.7. The fraction of sp³-hybridized carbons (Fsp3) is 0.440. The molecule has 1 fully saturated rings. The zero-order valence-corrected chi connectivity index (χ0v) is 18.4. The summed E-state index contributed by atoms with van der Waals surface area (Å²) in [6.45, 7) is 9.36. The number of benzene rings is 2. The van der Waals surface area contributed by atoms with E-state index in [1.165, 1.54) is 0 Å². The summed E-state index contributed by atoms with van der Waals surface area (Å²) in [5.41, 5.74) is 1.05. The highest BCUT2D eigenvalue weighted by molar-refractivity contribution is 6.10. The van der Waals surface area contributed by atoms with E-state index in [0.29, 0.717) is 23.5 Å². The second kappa shape index (κ2) is 8.91. The number of hydrogen-bond acceptors (Lipinski definition) is 5. The van der Waals surface area contributed by atoms with E-state index in [9.17, 15) is 14.7 Å². The summed E-state index contributed by atoms with van der Waals surface area (Å²) in [6.07, 6.45) is 0.639. The van der Waals surface area contributed by atoms with Gasteiger partial charge in [0.05, 0.1) is 18.8 Å². The first-order valence-corrected chi connectivity index (χ1v) is 11.2. The van der Waals surface area contributed by atoms with Gasteiger partial charge in [0.25, 0.3) is 5.91 Å². The molecule has 2 aromatic carbocycles. The Bertz CT molecular complexity index is 951. The molecule has 2 aromatic rings. The molecule has 0 aromatic heterocycles. The summed E-state index contributed by atoms with van der Waals surface area (Å²) < 4.78 is 0. The van der Waals surface area contributed by atoms with Crippen molar-refractivity contribution in [3.8, 4) is 0 Å². The van der Waals surface area contributed by atoms with Crippen molar-refractivity contribution in [2.75, 3.05) is 44.3 Å². The van der Waals surface area contributed by atoms with E-state index in [-0.39, 0.29) is 12.2 Å². The first-order valence-electron chi connectivity index (χ1n) is 11.2. The number of Topliss-reactive ketones (excluding diaryl/α,β-unsaturated/α-hetero) is 1. The van der Waals surface area contributed by atoms with Crippen molar-refractivity contribution in [2.24, 2.45) is 0 Å². The first-order chi connectivity index (χ1) is 15.0. The lowest BCUT2D eigenvalue weighted by Crippen LogP contribution is -2.52. The molecule has 2 aliphatic rings. The molecule has 0 unspecified atom stereocenters. The number of likely N-dealkylation sites (N-methyl/N-ethyl adjacent to an activating group) is 1. The summed E-state index contributed by atoms with van der Waals surface area (Å²) >= 11 is 0. The minimum absolute atomic E-state index is 0.230. The maximum absolute atomic E-state index is 13.4. The van der Waals surface area contributed by atoms with E-state index < -0.39 is 11.5 Å². The molecule has 6 heteroatoms. The first kappa shape index (κ1) is 21.7. The van der Waals surface area contributed by atoms with Crippen LogP contribution in [0.5, 0.6) is 0 Å². The third-order valence-electron chi connectivity index (χ3n) is 6.59. The van der Waals surface area contributed by atoms with E-state index >= 15 is 0 Å². The van der Waals surface area contributed by atoms with Crippen LogP contribution in [0.1, 0.15) is 41.8 Å². The SMILES string of the molecule is CCc1ccc(C(=O)C[C@]2(O)C(=O)N(CN3CCN(CC)CC3)c3ccccc32)cc1.